The molecule has 1 aromatic rings. The minimum absolute atomic E-state index is 0.321. The third-order valence-electron chi connectivity index (χ3n) is 3.33. The fraction of sp³-hybridized carbons (Fsp3) is 0.467. The van der Waals surface area contributed by atoms with Crippen molar-refractivity contribution in [3.8, 4) is 5.75 Å². The lowest BCUT2D eigenvalue weighted by molar-refractivity contribution is 0.359. The Morgan fingerprint density at radius 2 is 2.37 bits per heavy atom. The lowest BCUT2D eigenvalue weighted by Gasteiger charge is -2.14. The number of hydrogen-bond acceptors (Lipinski definition) is 2. The van der Waals surface area contributed by atoms with Crippen molar-refractivity contribution < 1.29 is 4.74 Å². The number of hydrogen-bond donors (Lipinski definition) is 1. The number of rotatable bonds is 6. The van der Waals surface area contributed by atoms with Gasteiger partial charge in [0.2, 0.25) is 0 Å². The molecule has 0 aromatic heterocycles. The number of fused-ring (bicyclic) bond motifs is 1. The lowest BCUT2D eigenvalue weighted by Crippen LogP contribution is -2.19. The van der Waals surface area contributed by atoms with E-state index in [1.807, 2.05) is 6.07 Å². The second kappa shape index (κ2) is 7.18. The van der Waals surface area contributed by atoms with Crippen LogP contribution in [0.15, 0.2) is 28.8 Å². The standard InChI is InChI=1S/C15H19Cl2NO/c1-2-7-18-15-6-3-11-8-13(4-5-14(11)15)19-10-12(17)9-16/h4-5,8-9,15,18H,2-3,6-7,10H2,1H3/b12-9-. The van der Waals surface area contributed by atoms with E-state index < -0.39 is 0 Å². The van der Waals surface area contributed by atoms with E-state index in [-0.39, 0.29) is 0 Å². The Balaban J connectivity index is 2.01. The van der Waals surface area contributed by atoms with Gasteiger partial charge in [-0.2, -0.15) is 0 Å². The van der Waals surface area contributed by atoms with Crippen LogP contribution in [0.5, 0.6) is 5.75 Å². The zero-order chi connectivity index (χ0) is 13.7. The first kappa shape index (κ1) is 14.7. The molecule has 4 heteroatoms. The van der Waals surface area contributed by atoms with Crippen molar-refractivity contribution in [2.75, 3.05) is 13.2 Å². The van der Waals surface area contributed by atoms with Crippen LogP contribution in [0, 0.1) is 0 Å². The summed E-state index contributed by atoms with van der Waals surface area (Å²) in [4.78, 5) is 0. The van der Waals surface area contributed by atoms with Gasteiger partial charge in [0.15, 0.2) is 0 Å². The Morgan fingerprint density at radius 3 is 3.11 bits per heavy atom. The molecular formula is C15H19Cl2NO. The second-order valence-electron chi connectivity index (χ2n) is 4.75. The highest BCUT2D eigenvalue weighted by molar-refractivity contribution is 6.36. The maximum absolute atomic E-state index is 5.81. The molecule has 0 amide bonds. The highest BCUT2D eigenvalue weighted by Gasteiger charge is 2.21. The third kappa shape index (κ3) is 3.88. The fourth-order valence-electron chi connectivity index (χ4n) is 2.40. The first-order valence-corrected chi connectivity index (χ1v) is 7.49. The van der Waals surface area contributed by atoms with Gasteiger partial charge in [0.1, 0.15) is 12.4 Å². The molecule has 1 aliphatic rings. The maximum Gasteiger partial charge on any atom is 0.125 e. The summed E-state index contributed by atoms with van der Waals surface area (Å²) < 4.78 is 5.60. The van der Waals surface area contributed by atoms with Crippen LogP contribution in [0.3, 0.4) is 0 Å². The quantitative estimate of drug-likeness (QED) is 0.842. The van der Waals surface area contributed by atoms with Gasteiger partial charge in [-0.15, -0.1) is 0 Å². The molecule has 1 aliphatic carbocycles. The minimum Gasteiger partial charge on any atom is -0.488 e. The largest absolute Gasteiger partial charge is 0.488 e. The van der Waals surface area contributed by atoms with Crippen LogP contribution >= 0.6 is 23.2 Å². The first-order valence-electron chi connectivity index (χ1n) is 6.68. The average molecular weight is 300 g/mol. The van der Waals surface area contributed by atoms with Crippen molar-refractivity contribution in [1.82, 2.24) is 5.32 Å². The van der Waals surface area contributed by atoms with E-state index in [1.54, 1.807) is 0 Å². The zero-order valence-electron chi connectivity index (χ0n) is 11.1. The van der Waals surface area contributed by atoms with Gasteiger partial charge in [0, 0.05) is 11.6 Å². The predicted molar refractivity (Wildman–Crippen MR) is 81.1 cm³/mol. The van der Waals surface area contributed by atoms with Crippen LogP contribution in [0.4, 0.5) is 0 Å². The van der Waals surface area contributed by atoms with Crippen LogP contribution in [0.2, 0.25) is 0 Å². The summed E-state index contributed by atoms with van der Waals surface area (Å²) in [5.41, 5.74) is 4.11. The van der Waals surface area contributed by atoms with Gasteiger partial charge >= 0.3 is 0 Å². The molecule has 2 rings (SSSR count). The normalized spacial score (nSPS) is 18.5. The lowest BCUT2D eigenvalue weighted by atomic mass is 10.1. The molecule has 2 nitrogen and oxygen atoms in total. The van der Waals surface area contributed by atoms with Crippen LogP contribution < -0.4 is 10.1 Å². The topological polar surface area (TPSA) is 21.3 Å². The van der Waals surface area contributed by atoms with Gasteiger partial charge in [0.25, 0.3) is 0 Å². The van der Waals surface area contributed by atoms with Gasteiger partial charge in [-0.25, -0.2) is 0 Å². The molecule has 0 heterocycles. The molecule has 0 saturated carbocycles. The fourth-order valence-corrected chi connectivity index (χ4v) is 2.52. The Morgan fingerprint density at radius 1 is 1.53 bits per heavy atom. The van der Waals surface area contributed by atoms with Crippen molar-refractivity contribution in [3.63, 3.8) is 0 Å². The van der Waals surface area contributed by atoms with Crippen molar-refractivity contribution >= 4 is 23.2 Å². The van der Waals surface area contributed by atoms with E-state index in [1.165, 1.54) is 23.1 Å². The number of ether oxygens (including phenoxy) is 1. The van der Waals surface area contributed by atoms with Gasteiger partial charge in [-0.1, -0.05) is 36.2 Å². The average Bonchev–Trinajstić information content (AvgIpc) is 2.84. The van der Waals surface area contributed by atoms with E-state index in [4.69, 9.17) is 27.9 Å². The molecule has 104 valence electrons. The smallest absolute Gasteiger partial charge is 0.125 e. The van der Waals surface area contributed by atoms with Crippen molar-refractivity contribution in [2.24, 2.45) is 0 Å². The van der Waals surface area contributed by atoms with Gasteiger partial charge < -0.3 is 10.1 Å². The molecule has 0 aliphatic heterocycles. The molecule has 0 fully saturated rings. The molecule has 1 unspecified atom stereocenters. The summed E-state index contributed by atoms with van der Waals surface area (Å²) in [5.74, 6) is 0.853. The SMILES string of the molecule is CCCNC1CCc2cc(OC/C(Cl)=C/Cl)ccc21. The summed E-state index contributed by atoms with van der Waals surface area (Å²) in [7, 11) is 0. The summed E-state index contributed by atoms with van der Waals surface area (Å²) >= 11 is 11.3. The van der Waals surface area contributed by atoms with E-state index in [0.29, 0.717) is 17.7 Å². The number of nitrogens with one attached hydrogen (secondary N) is 1. The monoisotopic (exact) mass is 299 g/mol. The van der Waals surface area contributed by atoms with Crippen molar-refractivity contribution in [1.29, 1.82) is 0 Å². The van der Waals surface area contributed by atoms with Gasteiger partial charge in [-0.3, -0.25) is 0 Å². The molecular weight excluding hydrogens is 281 g/mol. The predicted octanol–water partition coefficient (Wildman–Crippen LogP) is 4.37. The summed E-state index contributed by atoms with van der Waals surface area (Å²) in [6.45, 7) is 3.58. The van der Waals surface area contributed by atoms with Crippen LogP contribution in [0.1, 0.15) is 36.9 Å². The van der Waals surface area contributed by atoms with Crippen LogP contribution in [-0.2, 0) is 6.42 Å². The molecule has 19 heavy (non-hydrogen) atoms. The summed E-state index contributed by atoms with van der Waals surface area (Å²) in [6, 6.07) is 6.77. The third-order valence-corrected chi connectivity index (χ3v) is 3.92. The van der Waals surface area contributed by atoms with Gasteiger partial charge in [0.05, 0.1) is 5.03 Å². The number of halogens is 2. The molecule has 0 saturated heterocycles. The van der Waals surface area contributed by atoms with E-state index >= 15 is 0 Å². The molecule has 0 radical (unpaired) electrons. The Kier molecular flexibility index (Phi) is 5.56. The number of benzene rings is 1. The van der Waals surface area contributed by atoms with E-state index in [2.05, 4.69) is 24.4 Å². The number of aryl methyl sites for hydroxylation is 1. The van der Waals surface area contributed by atoms with Crippen LogP contribution in [-0.4, -0.2) is 13.2 Å². The van der Waals surface area contributed by atoms with E-state index in [0.717, 1.165) is 25.1 Å². The zero-order valence-corrected chi connectivity index (χ0v) is 12.6. The second-order valence-corrected chi connectivity index (χ2v) is 5.45. The molecule has 1 aromatic carbocycles. The van der Waals surface area contributed by atoms with Gasteiger partial charge in [-0.05, 0) is 49.1 Å². The van der Waals surface area contributed by atoms with Crippen molar-refractivity contribution in [2.45, 2.75) is 32.2 Å². The van der Waals surface area contributed by atoms with E-state index in [9.17, 15) is 0 Å². The molecule has 0 bridgehead atoms. The summed E-state index contributed by atoms with van der Waals surface area (Å²) in [6.07, 6.45) is 3.43. The highest BCUT2D eigenvalue weighted by Crippen LogP contribution is 2.33. The maximum atomic E-state index is 5.81. The molecule has 0 spiro atoms. The Hall–Kier alpha value is -0.700. The highest BCUT2D eigenvalue weighted by atomic mass is 35.5. The van der Waals surface area contributed by atoms with Crippen LogP contribution in [0.25, 0.3) is 0 Å². The first-order chi connectivity index (χ1) is 9.24. The summed E-state index contributed by atoms with van der Waals surface area (Å²) in [5, 5.41) is 4.08. The Bertz CT molecular complexity index is 459. The van der Waals surface area contributed by atoms with Crippen molar-refractivity contribution in [3.05, 3.63) is 39.9 Å². The minimum atomic E-state index is 0.321. The molecule has 1 atom stereocenters. The Labute approximate surface area is 124 Å². The molecule has 1 N–H and O–H groups in total.